The molecule has 0 unspecified atom stereocenters. The molecule has 158 valence electrons. The van der Waals surface area contributed by atoms with Crippen LogP contribution in [-0.2, 0) is 4.79 Å². The minimum Gasteiger partial charge on any atom is -0.393 e. The zero-order valence-electron chi connectivity index (χ0n) is 18.7. The lowest BCUT2D eigenvalue weighted by atomic mass is 9.47. The predicted molar refractivity (Wildman–Crippen MR) is 115 cm³/mol. The van der Waals surface area contributed by atoms with E-state index in [0.29, 0.717) is 16.6 Å². The molecule has 0 aromatic rings. The van der Waals surface area contributed by atoms with Crippen LogP contribution in [0.5, 0.6) is 0 Å². The van der Waals surface area contributed by atoms with Crippen molar-refractivity contribution in [3.05, 3.63) is 11.6 Å². The number of carbonyl (C=O) groups is 1. The highest BCUT2D eigenvalue weighted by Gasteiger charge is 2.59. The van der Waals surface area contributed by atoms with Gasteiger partial charge in [-0.25, -0.2) is 0 Å². The first-order valence-corrected chi connectivity index (χ1v) is 12.1. The van der Waals surface area contributed by atoms with Crippen LogP contribution in [0.15, 0.2) is 11.6 Å². The molecule has 3 saturated carbocycles. The number of allylic oxidation sites excluding steroid dienone is 1. The van der Waals surface area contributed by atoms with Crippen molar-refractivity contribution in [3.63, 3.8) is 0 Å². The summed E-state index contributed by atoms with van der Waals surface area (Å²) in [5.74, 6) is 4.52. The molecular formula is C26H42O2. The molecule has 2 nitrogen and oxygen atoms in total. The van der Waals surface area contributed by atoms with Gasteiger partial charge in [0.15, 0.2) is 0 Å². The Hall–Kier alpha value is -0.630. The topological polar surface area (TPSA) is 37.3 Å². The van der Waals surface area contributed by atoms with Crippen LogP contribution >= 0.6 is 0 Å². The van der Waals surface area contributed by atoms with E-state index in [-0.39, 0.29) is 6.10 Å². The van der Waals surface area contributed by atoms with Crippen molar-refractivity contribution in [1.82, 2.24) is 0 Å². The average molecular weight is 387 g/mol. The van der Waals surface area contributed by atoms with E-state index in [1.807, 2.05) is 0 Å². The van der Waals surface area contributed by atoms with Gasteiger partial charge in [0.2, 0.25) is 0 Å². The van der Waals surface area contributed by atoms with Gasteiger partial charge in [-0.05, 0) is 105 Å². The van der Waals surface area contributed by atoms with Gasteiger partial charge in [-0.15, -0.1) is 0 Å². The van der Waals surface area contributed by atoms with Crippen molar-refractivity contribution in [2.45, 2.75) is 104 Å². The molecule has 0 aromatic heterocycles. The van der Waals surface area contributed by atoms with Crippen molar-refractivity contribution in [2.24, 2.45) is 40.4 Å². The predicted octanol–water partition coefficient (Wildman–Crippen LogP) is 6.32. The second kappa shape index (κ2) is 7.56. The van der Waals surface area contributed by atoms with Gasteiger partial charge in [0, 0.05) is 6.42 Å². The summed E-state index contributed by atoms with van der Waals surface area (Å²) in [6.07, 6.45) is 15.5. The molecule has 0 bridgehead atoms. The van der Waals surface area contributed by atoms with Gasteiger partial charge >= 0.3 is 0 Å². The molecule has 28 heavy (non-hydrogen) atoms. The maximum atomic E-state index is 11.3. The number of carbonyl (C=O) groups excluding carboxylic acids is 1. The highest BCUT2D eigenvalue weighted by atomic mass is 16.3. The Morgan fingerprint density at radius 3 is 2.71 bits per heavy atom. The third-order valence-electron chi connectivity index (χ3n) is 10.0. The Bertz CT molecular complexity index is 636. The number of fused-ring (bicyclic) bond motifs is 5. The number of aliphatic hydroxyl groups is 1. The van der Waals surface area contributed by atoms with Crippen LogP contribution in [0.3, 0.4) is 0 Å². The summed E-state index contributed by atoms with van der Waals surface area (Å²) in [7, 11) is 0. The Morgan fingerprint density at radius 2 is 1.96 bits per heavy atom. The molecule has 4 aliphatic rings. The summed E-state index contributed by atoms with van der Waals surface area (Å²) in [5, 5.41) is 10.2. The lowest BCUT2D eigenvalue weighted by Crippen LogP contribution is -2.50. The summed E-state index contributed by atoms with van der Waals surface area (Å²) in [6.45, 7) is 9.35. The molecule has 0 spiro atoms. The van der Waals surface area contributed by atoms with E-state index in [2.05, 4.69) is 26.8 Å². The second-order valence-corrected chi connectivity index (χ2v) is 11.5. The summed E-state index contributed by atoms with van der Waals surface area (Å²) in [6, 6.07) is 0. The number of rotatable bonds is 5. The summed E-state index contributed by atoms with van der Waals surface area (Å²) in [5.41, 5.74) is 2.45. The molecule has 0 saturated heterocycles. The molecule has 0 heterocycles. The fourth-order valence-corrected chi connectivity index (χ4v) is 8.49. The standard InChI is InChI=1S/C26H42O2/c1-17(6-5-7-18(2)27)22-10-11-23-21-9-8-19-16-20(28)12-14-25(19,3)24(21)13-15-26(22,23)4/h8,17,20-24,28H,5-7,9-16H2,1-4H3/t17-,20-,21+,22-,23+,24+,25-,26+/m0/s1. The number of Topliss-reactive ketones (excluding diaryl/α,β-unsaturated/α-hetero) is 1. The van der Waals surface area contributed by atoms with E-state index >= 15 is 0 Å². The van der Waals surface area contributed by atoms with Gasteiger partial charge < -0.3 is 9.90 Å². The van der Waals surface area contributed by atoms with Crippen LogP contribution < -0.4 is 0 Å². The summed E-state index contributed by atoms with van der Waals surface area (Å²) < 4.78 is 0. The minimum atomic E-state index is -0.101. The summed E-state index contributed by atoms with van der Waals surface area (Å²) in [4.78, 5) is 11.3. The zero-order chi connectivity index (χ0) is 20.1. The molecule has 1 N–H and O–H groups in total. The first-order valence-electron chi connectivity index (χ1n) is 12.1. The third-order valence-corrected chi connectivity index (χ3v) is 10.0. The van der Waals surface area contributed by atoms with Crippen molar-refractivity contribution >= 4 is 5.78 Å². The van der Waals surface area contributed by atoms with Crippen LogP contribution in [0.4, 0.5) is 0 Å². The largest absolute Gasteiger partial charge is 0.393 e. The van der Waals surface area contributed by atoms with Gasteiger partial charge in [0.1, 0.15) is 5.78 Å². The quantitative estimate of drug-likeness (QED) is 0.561. The molecule has 3 fully saturated rings. The fraction of sp³-hybridized carbons (Fsp3) is 0.885. The fourth-order valence-electron chi connectivity index (χ4n) is 8.49. The van der Waals surface area contributed by atoms with E-state index < -0.39 is 0 Å². The average Bonchev–Trinajstić information content (AvgIpc) is 2.99. The number of hydrogen-bond acceptors (Lipinski definition) is 2. The van der Waals surface area contributed by atoms with Crippen LogP contribution in [0.25, 0.3) is 0 Å². The molecule has 0 aliphatic heterocycles. The SMILES string of the molecule is CC(=O)CCC[C@H](C)[C@@H]1CC[C@@H]2[C@H]3CC=C4C[C@@H](O)CC[C@]4(C)[C@@H]3CC[C@@]21C. The molecule has 0 radical (unpaired) electrons. The number of aliphatic hydroxyl groups excluding tert-OH is 1. The molecular weight excluding hydrogens is 344 g/mol. The molecule has 8 atom stereocenters. The first kappa shape index (κ1) is 20.6. The highest BCUT2D eigenvalue weighted by molar-refractivity contribution is 5.75. The van der Waals surface area contributed by atoms with Crippen molar-refractivity contribution < 1.29 is 9.90 Å². The van der Waals surface area contributed by atoms with E-state index in [9.17, 15) is 9.90 Å². The minimum absolute atomic E-state index is 0.101. The van der Waals surface area contributed by atoms with Gasteiger partial charge in [0.05, 0.1) is 6.10 Å². The Kier molecular flexibility index (Phi) is 5.57. The highest BCUT2D eigenvalue weighted by Crippen LogP contribution is 2.67. The molecule has 4 aliphatic carbocycles. The molecule has 2 heteroatoms. The Labute approximate surface area is 172 Å². The van der Waals surface area contributed by atoms with E-state index in [0.717, 1.165) is 55.3 Å². The maximum absolute atomic E-state index is 11.3. The zero-order valence-corrected chi connectivity index (χ0v) is 18.7. The number of hydrogen-bond donors (Lipinski definition) is 1. The van der Waals surface area contributed by atoms with Crippen LogP contribution in [0.2, 0.25) is 0 Å². The van der Waals surface area contributed by atoms with E-state index in [4.69, 9.17) is 0 Å². The molecule has 0 aromatic carbocycles. The lowest BCUT2D eigenvalue weighted by molar-refractivity contribution is -0.117. The maximum Gasteiger partial charge on any atom is 0.129 e. The summed E-state index contributed by atoms with van der Waals surface area (Å²) >= 11 is 0. The van der Waals surface area contributed by atoms with Gasteiger partial charge in [0.25, 0.3) is 0 Å². The molecule has 0 amide bonds. The van der Waals surface area contributed by atoms with Crippen molar-refractivity contribution in [2.75, 3.05) is 0 Å². The van der Waals surface area contributed by atoms with Crippen LogP contribution in [-0.4, -0.2) is 17.0 Å². The smallest absolute Gasteiger partial charge is 0.129 e. The molecule has 4 rings (SSSR count). The van der Waals surface area contributed by atoms with E-state index in [1.165, 1.54) is 44.9 Å². The lowest BCUT2D eigenvalue weighted by Gasteiger charge is -2.58. The Morgan fingerprint density at radius 1 is 1.18 bits per heavy atom. The van der Waals surface area contributed by atoms with Crippen LogP contribution in [0.1, 0.15) is 98.3 Å². The van der Waals surface area contributed by atoms with Crippen molar-refractivity contribution in [1.29, 1.82) is 0 Å². The van der Waals surface area contributed by atoms with Crippen LogP contribution in [0, 0.1) is 40.4 Å². The van der Waals surface area contributed by atoms with Crippen molar-refractivity contribution in [3.8, 4) is 0 Å². The first-order chi connectivity index (χ1) is 13.3. The van der Waals surface area contributed by atoms with E-state index in [1.54, 1.807) is 12.5 Å². The second-order valence-electron chi connectivity index (χ2n) is 11.5. The Balaban J connectivity index is 1.50. The normalized spacial score (nSPS) is 46.2. The monoisotopic (exact) mass is 386 g/mol. The third kappa shape index (κ3) is 3.32. The van der Waals surface area contributed by atoms with Gasteiger partial charge in [-0.2, -0.15) is 0 Å². The van der Waals surface area contributed by atoms with Gasteiger partial charge in [-0.3, -0.25) is 0 Å². The van der Waals surface area contributed by atoms with Gasteiger partial charge in [-0.1, -0.05) is 38.8 Å². The number of ketones is 1.